The van der Waals surface area contributed by atoms with Crippen LogP contribution in [-0.4, -0.2) is 47.0 Å². The predicted octanol–water partition coefficient (Wildman–Crippen LogP) is 2.22. The van der Waals surface area contributed by atoms with Crippen LogP contribution in [0.15, 0.2) is 47.4 Å². The van der Waals surface area contributed by atoms with Crippen molar-refractivity contribution >= 4 is 22.5 Å². The van der Waals surface area contributed by atoms with Gasteiger partial charge >= 0.3 is 0 Å². The molecule has 8 heteroatoms. The Bertz CT molecular complexity index is 1170. The van der Waals surface area contributed by atoms with Crippen LogP contribution in [0.4, 0.5) is 10.2 Å². The van der Waals surface area contributed by atoms with E-state index in [4.69, 9.17) is 5.26 Å². The molecule has 1 fully saturated rings. The third-order valence-electron chi connectivity index (χ3n) is 5.32. The first-order valence-corrected chi connectivity index (χ1v) is 9.74. The average Bonchev–Trinajstić information content (AvgIpc) is 2.77. The maximum Gasteiger partial charge on any atom is 0.258 e. The number of halogens is 1. The first kappa shape index (κ1) is 19.6. The highest BCUT2D eigenvalue weighted by atomic mass is 19.1. The molecule has 0 unspecified atom stereocenters. The Morgan fingerprint density at radius 2 is 2.00 bits per heavy atom. The number of amides is 1. The standard InChI is InChI=1S/C22H20FN5O2/c23-18-3-1-2-16-12-17(26-22(30)21(16)18)5-7-20(29)28-10-8-27(9-11-28)19-6-4-15(13-24)14-25-19/h1-4,6,12,14H,5,7-11H2,(H,26,30). The fourth-order valence-corrected chi connectivity index (χ4v) is 3.69. The normalized spacial score (nSPS) is 14.0. The van der Waals surface area contributed by atoms with E-state index in [1.165, 1.54) is 6.07 Å². The van der Waals surface area contributed by atoms with E-state index in [2.05, 4.69) is 14.9 Å². The zero-order valence-corrected chi connectivity index (χ0v) is 16.3. The topological polar surface area (TPSA) is 93.1 Å². The van der Waals surface area contributed by atoms with Gasteiger partial charge < -0.3 is 14.8 Å². The third-order valence-corrected chi connectivity index (χ3v) is 5.32. The van der Waals surface area contributed by atoms with E-state index in [-0.39, 0.29) is 17.7 Å². The van der Waals surface area contributed by atoms with Crippen LogP contribution in [-0.2, 0) is 11.2 Å². The zero-order chi connectivity index (χ0) is 21.1. The summed E-state index contributed by atoms with van der Waals surface area (Å²) in [5, 5.41) is 9.44. The van der Waals surface area contributed by atoms with Crippen molar-refractivity contribution in [2.75, 3.05) is 31.1 Å². The number of carbonyl (C=O) groups excluding carboxylic acids is 1. The molecule has 1 amide bonds. The Balaban J connectivity index is 1.34. The van der Waals surface area contributed by atoms with Gasteiger partial charge in [0.15, 0.2) is 0 Å². The number of fused-ring (bicyclic) bond motifs is 1. The zero-order valence-electron chi connectivity index (χ0n) is 16.3. The van der Waals surface area contributed by atoms with Gasteiger partial charge in [-0.1, -0.05) is 12.1 Å². The van der Waals surface area contributed by atoms with E-state index in [1.54, 1.807) is 35.4 Å². The molecule has 0 saturated carbocycles. The SMILES string of the molecule is N#Cc1ccc(N2CCN(C(=O)CCc3cc4cccc(F)c4c(=O)[nH]3)CC2)nc1. The van der Waals surface area contributed by atoms with Crippen LogP contribution in [0.2, 0.25) is 0 Å². The van der Waals surface area contributed by atoms with E-state index in [0.29, 0.717) is 49.2 Å². The van der Waals surface area contributed by atoms with Crippen LogP contribution in [0.5, 0.6) is 0 Å². The van der Waals surface area contributed by atoms with Crippen LogP contribution in [0, 0.1) is 17.1 Å². The molecule has 0 radical (unpaired) electrons. The number of piperazine rings is 1. The van der Waals surface area contributed by atoms with Gasteiger partial charge in [0, 0.05) is 44.5 Å². The number of H-pyrrole nitrogens is 1. The smallest absolute Gasteiger partial charge is 0.258 e. The Labute approximate surface area is 172 Å². The van der Waals surface area contributed by atoms with E-state index >= 15 is 0 Å². The minimum Gasteiger partial charge on any atom is -0.353 e. The molecule has 0 bridgehead atoms. The van der Waals surface area contributed by atoms with Crippen LogP contribution < -0.4 is 10.5 Å². The first-order chi connectivity index (χ1) is 14.5. The number of nitrogens with zero attached hydrogens (tertiary/aromatic N) is 4. The molecule has 152 valence electrons. The maximum absolute atomic E-state index is 13.8. The first-order valence-electron chi connectivity index (χ1n) is 9.74. The van der Waals surface area contributed by atoms with Crippen molar-refractivity contribution in [2.45, 2.75) is 12.8 Å². The summed E-state index contributed by atoms with van der Waals surface area (Å²) in [6, 6.07) is 11.8. The van der Waals surface area contributed by atoms with Crippen molar-refractivity contribution in [1.82, 2.24) is 14.9 Å². The Kier molecular flexibility index (Phi) is 5.44. The van der Waals surface area contributed by atoms with Gasteiger partial charge in [-0.15, -0.1) is 0 Å². The van der Waals surface area contributed by atoms with Crippen molar-refractivity contribution in [3.05, 3.63) is 70.0 Å². The molecule has 3 aromatic rings. The molecule has 1 aliphatic rings. The van der Waals surface area contributed by atoms with Crippen LogP contribution >= 0.6 is 0 Å². The molecular formula is C22H20FN5O2. The monoisotopic (exact) mass is 405 g/mol. The summed E-state index contributed by atoms with van der Waals surface area (Å²) in [5.74, 6) is 0.260. The fourth-order valence-electron chi connectivity index (χ4n) is 3.69. The number of aryl methyl sites for hydroxylation is 1. The minimum absolute atomic E-state index is 0.0163. The van der Waals surface area contributed by atoms with Crippen molar-refractivity contribution in [3.63, 3.8) is 0 Å². The molecule has 7 nitrogen and oxygen atoms in total. The predicted molar refractivity (Wildman–Crippen MR) is 111 cm³/mol. The van der Waals surface area contributed by atoms with Crippen LogP contribution in [0.25, 0.3) is 10.8 Å². The summed E-state index contributed by atoms with van der Waals surface area (Å²) < 4.78 is 13.8. The molecule has 0 aliphatic carbocycles. The van der Waals surface area contributed by atoms with Crippen molar-refractivity contribution in [3.8, 4) is 6.07 Å². The molecule has 1 aliphatic heterocycles. The number of nitriles is 1. The molecule has 0 atom stereocenters. The maximum atomic E-state index is 13.8. The number of rotatable bonds is 4. The van der Waals surface area contributed by atoms with Crippen molar-refractivity contribution in [1.29, 1.82) is 5.26 Å². The highest BCUT2D eigenvalue weighted by Gasteiger charge is 2.22. The quantitative estimate of drug-likeness (QED) is 0.718. The summed E-state index contributed by atoms with van der Waals surface area (Å²) in [6.45, 7) is 2.49. The van der Waals surface area contributed by atoms with Gasteiger partial charge in [-0.2, -0.15) is 5.26 Å². The van der Waals surface area contributed by atoms with Crippen molar-refractivity contribution < 1.29 is 9.18 Å². The number of aromatic nitrogens is 2. The highest BCUT2D eigenvalue weighted by molar-refractivity contribution is 5.82. The number of benzene rings is 1. The lowest BCUT2D eigenvalue weighted by molar-refractivity contribution is -0.131. The van der Waals surface area contributed by atoms with E-state index < -0.39 is 11.4 Å². The fraction of sp³-hybridized carbons (Fsp3) is 0.273. The molecule has 3 heterocycles. The van der Waals surface area contributed by atoms with Crippen LogP contribution in [0.1, 0.15) is 17.7 Å². The van der Waals surface area contributed by atoms with Gasteiger partial charge in [-0.25, -0.2) is 9.37 Å². The number of aromatic amines is 1. The summed E-state index contributed by atoms with van der Waals surface area (Å²) in [5.41, 5.74) is 0.658. The second kappa shape index (κ2) is 8.33. The molecular weight excluding hydrogens is 385 g/mol. The summed E-state index contributed by atoms with van der Waals surface area (Å²) in [6.07, 6.45) is 2.20. The second-order valence-corrected chi connectivity index (χ2v) is 7.21. The number of anilines is 1. The largest absolute Gasteiger partial charge is 0.353 e. The minimum atomic E-state index is -0.550. The lowest BCUT2D eigenvalue weighted by atomic mass is 10.1. The van der Waals surface area contributed by atoms with Gasteiger partial charge in [0.05, 0.1) is 10.9 Å². The van der Waals surface area contributed by atoms with Crippen LogP contribution in [0.3, 0.4) is 0 Å². The number of nitrogens with one attached hydrogen (secondary N) is 1. The van der Waals surface area contributed by atoms with Gasteiger partial charge in [0.2, 0.25) is 5.91 Å². The number of pyridine rings is 2. The number of carbonyl (C=O) groups is 1. The second-order valence-electron chi connectivity index (χ2n) is 7.21. The Morgan fingerprint density at radius 3 is 2.70 bits per heavy atom. The molecule has 1 aromatic carbocycles. The summed E-state index contributed by atoms with van der Waals surface area (Å²) >= 11 is 0. The van der Waals surface area contributed by atoms with Gasteiger partial charge in [-0.3, -0.25) is 9.59 Å². The highest BCUT2D eigenvalue weighted by Crippen LogP contribution is 2.17. The lowest BCUT2D eigenvalue weighted by Crippen LogP contribution is -2.49. The molecule has 1 N–H and O–H groups in total. The Morgan fingerprint density at radius 1 is 1.20 bits per heavy atom. The average molecular weight is 405 g/mol. The number of hydrogen-bond acceptors (Lipinski definition) is 5. The molecule has 0 spiro atoms. The summed E-state index contributed by atoms with van der Waals surface area (Å²) in [7, 11) is 0. The van der Waals surface area contributed by atoms with Gasteiger partial charge in [-0.05, 0) is 36.1 Å². The molecule has 1 saturated heterocycles. The lowest BCUT2D eigenvalue weighted by Gasteiger charge is -2.35. The molecule has 30 heavy (non-hydrogen) atoms. The number of hydrogen-bond donors (Lipinski definition) is 1. The van der Waals surface area contributed by atoms with Gasteiger partial charge in [0.25, 0.3) is 5.56 Å². The third kappa shape index (κ3) is 4.01. The van der Waals surface area contributed by atoms with E-state index in [0.717, 1.165) is 5.82 Å². The Hall–Kier alpha value is -3.73. The van der Waals surface area contributed by atoms with Crippen molar-refractivity contribution in [2.24, 2.45) is 0 Å². The van der Waals surface area contributed by atoms with E-state index in [1.807, 2.05) is 12.1 Å². The molecule has 4 rings (SSSR count). The molecule has 2 aromatic heterocycles. The van der Waals surface area contributed by atoms with Gasteiger partial charge in [0.1, 0.15) is 17.7 Å². The van der Waals surface area contributed by atoms with E-state index in [9.17, 15) is 14.0 Å². The summed E-state index contributed by atoms with van der Waals surface area (Å²) in [4.78, 5) is 35.6.